The van der Waals surface area contributed by atoms with Gasteiger partial charge < -0.3 is 20.7 Å². The van der Waals surface area contributed by atoms with Crippen molar-refractivity contribution in [2.45, 2.75) is 6.10 Å². The molecule has 0 spiro atoms. The van der Waals surface area contributed by atoms with Crippen LogP contribution in [0.4, 0.5) is 4.79 Å². The molecule has 1 saturated heterocycles. The molecule has 1 heterocycles. The fourth-order valence-electron chi connectivity index (χ4n) is 2.02. The standard InChI is InChI=1S/C13H17N3O3/c14-13(18)15-8-12(17)16-6-7-19-11(9-16)10-4-2-1-3-5-10/h1-5,11H,6-9H2,(H3,14,15,18). The molecule has 0 aromatic heterocycles. The highest BCUT2D eigenvalue weighted by Gasteiger charge is 2.25. The average molecular weight is 263 g/mol. The van der Waals surface area contributed by atoms with Crippen molar-refractivity contribution >= 4 is 11.9 Å². The van der Waals surface area contributed by atoms with Gasteiger partial charge in [0.2, 0.25) is 5.91 Å². The van der Waals surface area contributed by atoms with Crippen molar-refractivity contribution in [3.8, 4) is 0 Å². The van der Waals surface area contributed by atoms with Gasteiger partial charge in [-0.15, -0.1) is 0 Å². The summed E-state index contributed by atoms with van der Waals surface area (Å²) in [6.45, 7) is 1.44. The number of morpholine rings is 1. The predicted octanol–water partition coefficient (Wildman–Crippen LogP) is 0.255. The summed E-state index contributed by atoms with van der Waals surface area (Å²) in [5.41, 5.74) is 5.99. The number of nitrogens with one attached hydrogen (secondary N) is 1. The van der Waals surface area contributed by atoms with Crippen LogP contribution >= 0.6 is 0 Å². The summed E-state index contributed by atoms with van der Waals surface area (Å²) in [5, 5.41) is 2.30. The van der Waals surface area contributed by atoms with Gasteiger partial charge in [0.25, 0.3) is 0 Å². The molecule has 1 aliphatic heterocycles. The van der Waals surface area contributed by atoms with Crippen LogP contribution in [0.5, 0.6) is 0 Å². The van der Waals surface area contributed by atoms with Gasteiger partial charge in [-0.05, 0) is 5.56 Å². The normalized spacial score (nSPS) is 18.9. The summed E-state index contributed by atoms with van der Waals surface area (Å²) >= 11 is 0. The van der Waals surface area contributed by atoms with Crippen LogP contribution < -0.4 is 11.1 Å². The van der Waals surface area contributed by atoms with E-state index in [0.29, 0.717) is 19.7 Å². The first-order valence-corrected chi connectivity index (χ1v) is 6.14. The van der Waals surface area contributed by atoms with E-state index in [9.17, 15) is 9.59 Å². The maximum absolute atomic E-state index is 11.9. The van der Waals surface area contributed by atoms with Crippen LogP contribution in [0, 0.1) is 0 Å². The number of nitrogens with zero attached hydrogens (tertiary/aromatic N) is 1. The predicted molar refractivity (Wildman–Crippen MR) is 69.3 cm³/mol. The zero-order valence-corrected chi connectivity index (χ0v) is 10.5. The number of carbonyl (C=O) groups excluding carboxylic acids is 2. The first-order chi connectivity index (χ1) is 9.16. The number of hydrogen-bond donors (Lipinski definition) is 2. The van der Waals surface area contributed by atoms with Crippen molar-refractivity contribution in [3.63, 3.8) is 0 Å². The molecule has 1 aromatic rings. The van der Waals surface area contributed by atoms with Crippen LogP contribution in [-0.2, 0) is 9.53 Å². The van der Waals surface area contributed by atoms with E-state index in [4.69, 9.17) is 10.5 Å². The molecule has 1 unspecified atom stereocenters. The lowest BCUT2D eigenvalue weighted by Crippen LogP contribution is -2.47. The third-order valence-electron chi connectivity index (χ3n) is 3.00. The van der Waals surface area contributed by atoms with E-state index in [2.05, 4.69) is 5.32 Å². The van der Waals surface area contributed by atoms with E-state index >= 15 is 0 Å². The molecule has 6 nitrogen and oxygen atoms in total. The van der Waals surface area contributed by atoms with Gasteiger partial charge in [-0.1, -0.05) is 30.3 Å². The number of hydrogen-bond acceptors (Lipinski definition) is 3. The summed E-state index contributed by atoms with van der Waals surface area (Å²) in [5.74, 6) is -0.150. The van der Waals surface area contributed by atoms with Gasteiger partial charge in [-0.3, -0.25) is 4.79 Å². The minimum atomic E-state index is -0.693. The van der Waals surface area contributed by atoms with Gasteiger partial charge >= 0.3 is 6.03 Å². The van der Waals surface area contributed by atoms with Crippen LogP contribution in [0.3, 0.4) is 0 Å². The van der Waals surface area contributed by atoms with Crippen LogP contribution in [-0.4, -0.2) is 43.1 Å². The Labute approximate surface area is 111 Å². The number of primary amides is 1. The first kappa shape index (κ1) is 13.4. The maximum atomic E-state index is 11.9. The van der Waals surface area contributed by atoms with Crippen LogP contribution in [0.15, 0.2) is 30.3 Å². The SMILES string of the molecule is NC(=O)NCC(=O)N1CCOC(c2ccccc2)C1. The molecule has 0 aliphatic carbocycles. The number of urea groups is 1. The molecular weight excluding hydrogens is 246 g/mol. The van der Waals surface area contributed by atoms with Gasteiger partial charge in [0.15, 0.2) is 0 Å². The van der Waals surface area contributed by atoms with Crippen molar-refractivity contribution in [2.75, 3.05) is 26.2 Å². The number of nitrogens with two attached hydrogens (primary N) is 1. The molecule has 1 aromatic carbocycles. The van der Waals surface area contributed by atoms with E-state index in [1.807, 2.05) is 30.3 Å². The second kappa shape index (κ2) is 6.19. The Bertz CT molecular complexity index is 450. The second-order valence-electron chi connectivity index (χ2n) is 4.33. The third kappa shape index (κ3) is 3.69. The summed E-state index contributed by atoms with van der Waals surface area (Å²) in [6, 6.07) is 9.07. The van der Waals surface area contributed by atoms with Crippen molar-refractivity contribution in [1.29, 1.82) is 0 Å². The van der Waals surface area contributed by atoms with Crippen LogP contribution in [0.25, 0.3) is 0 Å². The molecule has 0 saturated carbocycles. The molecule has 2 rings (SSSR count). The Morgan fingerprint density at radius 2 is 2.11 bits per heavy atom. The zero-order valence-electron chi connectivity index (χ0n) is 10.5. The van der Waals surface area contributed by atoms with Crippen molar-refractivity contribution in [2.24, 2.45) is 5.73 Å². The quantitative estimate of drug-likeness (QED) is 0.820. The monoisotopic (exact) mass is 263 g/mol. The van der Waals surface area contributed by atoms with E-state index in [-0.39, 0.29) is 18.6 Å². The highest BCUT2D eigenvalue weighted by Crippen LogP contribution is 2.21. The zero-order chi connectivity index (χ0) is 13.7. The van der Waals surface area contributed by atoms with Crippen LogP contribution in [0.2, 0.25) is 0 Å². The second-order valence-corrected chi connectivity index (χ2v) is 4.33. The maximum Gasteiger partial charge on any atom is 0.312 e. The highest BCUT2D eigenvalue weighted by atomic mass is 16.5. The lowest BCUT2D eigenvalue weighted by molar-refractivity contribution is -0.137. The van der Waals surface area contributed by atoms with Crippen molar-refractivity contribution in [3.05, 3.63) is 35.9 Å². The molecule has 1 atom stereocenters. The van der Waals surface area contributed by atoms with Gasteiger partial charge in [-0.2, -0.15) is 0 Å². The molecule has 1 aliphatic rings. The summed E-state index contributed by atoms with van der Waals surface area (Å²) < 4.78 is 5.66. The van der Waals surface area contributed by atoms with Gasteiger partial charge in [-0.25, -0.2) is 4.79 Å². The van der Waals surface area contributed by atoms with E-state index in [1.165, 1.54) is 0 Å². The first-order valence-electron chi connectivity index (χ1n) is 6.14. The van der Waals surface area contributed by atoms with Crippen molar-refractivity contribution < 1.29 is 14.3 Å². The fourth-order valence-corrected chi connectivity index (χ4v) is 2.02. The Balaban J connectivity index is 1.93. The molecule has 19 heavy (non-hydrogen) atoms. The lowest BCUT2D eigenvalue weighted by atomic mass is 10.1. The minimum absolute atomic E-state index is 0.0726. The smallest absolute Gasteiger partial charge is 0.312 e. The van der Waals surface area contributed by atoms with E-state index in [0.717, 1.165) is 5.56 Å². The average Bonchev–Trinajstić information content (AvgIpc) is 2.46. The Hall–Kier alpha value is -2.08. The van der Waals surface area contributed by atoms with Crippen LogP contribution in [0.1, 0.15) is 11.7 Å². The summed E-state index contributed by atoms with van der Waals surface area (Å²) in [6.07, 6.45) is -0.118. The Kier molecular flexibility index (Phi) is 4.35. The Morgan fingerprint density at radius 1 is 1.37 bits per heavy atom. The number of amides is 3. The number of rotatable bonds is 3. The van der Waals surface area contributed by atoms with E-state index in [1.54, 1.807) is 4.90 Å². The van der Waals surface area contributed by atoms with Gasteiger partial charge in [0, 0.05) is 6.54 Å². The molecular formula is C13H17N3O3. The highest BCUT2D eigenvalue weighted by molar-refractivity contribution is 5.83. The number of ether oxygens (including phenoxy) is 1. The third-order valence-corrected chi connectivity index (χ3v) is 3.00. The molecule has 0 bridgehead atoms. The largest absolute Gasteiger partial charge is 0.370 e. The topological polar surface area (TPSA) is 84.7 Å². The summed E-state index contributed by atoms with van der Waals surface area (Å²) in [7, 11) is 0. The van der Waals surface area contributed by atoms with Crippen molar-refractivity contribution in [1.82, 2.24) is 10.2 Å². The fraction of sp³-hybridized carbons (Fsp3) is 0.385. The number of benzene rings is 1. The summed E-state index contributed by atoms with van der Waals surface area (Å²) in [4.78, 5) is 24.1. The lowest BCUT2D eigenvalue weighted by Gasteiger charge is -2.33. The van der Waals surface area contributed by atoms with Gasteiger partial charge in [0.1, 0.15) is 6.10 Å². The molecule has 102 valence electrons. The molecule has 6 heteroatoms. The number of carbonyl (C=O) groups is 2. The Morgan fingerprint density at radius 3 is 2.79 bits per heavy atom. The minimum Gasteiger partial charge on any atom is -0.370 e. The molecule has 3 N–H and O–H groups in total. The molecule has 3 amide bonds. The molecule has 1 fully saturated rings. The van der Waals surface area contributed by atoms with Gasteiger partial charge in [0.05, 0.1) is 19.7 Å². The van der Waals surface area contributed by atoms with E-state index < -0.39 is 6.03 Å². The molecule has 0 radical (unpaired) electrons.